The van der Waals surface area contributed by atoms with Crippen LogP contribution >= 0.6 is 0 Å². The largest absolute Gasteiger partial charge is 0.493 e. The first kappa shape index (κ1) is 11.3. The monoisotopic (exact) mass is 244 g/mol. The molecule has 1 aromatic carbocycles. The van der Waals surface area contributed by atoms with Crippen molar-refractivity contribution < 1.29 is 14.3 Å². The van der Waals surface area contributed by atoms with Crippen molar-refractivity contribution in [3.63, 3.8) is 0 Å². The minimum Gasteiger partial charge on any atom is -0.493 e. The van der Waals surface area contributed by atoms with Gasteiger partial charge in [-0.2, -0.15) is 0 Å². The lowest BCUT2D eigenvalue weighted by molar-refractivity contribution is 0.0786. The van der Waals surface area contributed by atoms with E-state index in [1.165, 1.54) is 0 Å². The van der Waals surface area contributed by atoms with Gasteiger partial charge in [0.2, 0.25) is 5.78 Å². The molecule has 18 heavy (non-hydrogen) atoms. The summed E-state index contributed by atoms with van der Waals surface area (Å²) in [5.41, 5.74) is 2.79. The summed E-state index contributed by atoms with van der Waals surface area (Å²) in [4.78, 5) is 12.2. The molecule has 0 fully saturated rings. The van der Waals surface area contributed by atoms with E-state index < -0.39 is 0 Å². The minimum atomic E-state index is -0.349. The number of benzene rings is 1. The summed E-state index contributed by atoms with van der Waals surface area (Å²) < 4.78 is 11.4. The third kappa shape index (κ3) is 1.54. The highest BCUT2D eigenvalue weighted by Crippen LogP contribution is 2.39. The van der Waals surface area contributed by atoms with Crippen molar-refractivity contribution in [2.75, 3.05) is 0 Å². The van der Waals surface area contributed by atoms with Crippen molar-refractivity contribution in [2.45, 2.75) is 33.5 Å². The molecule has 0 N–H and O–H groups in total. The SMILES string of the molecule is CC1=Cc2ccc3c(c2CO1)O[C@@H](C(C)C)C3=O. The fourth-order valence-electron chi connectivity index (χ4n) is 2.48. The highest BCUT2D eigenvalue weighted by Gasteiger charge is 2.37. The van der Waals surface area contributed by atoms with Gasteiger partial charge in [0.25, 0.3) is 0 Å². The first-order chi connectivity index (χ1) is 8.58. The van der Waals surface area contributed by atoms with Crippen LogP contribution in [0.15, 0.2) is 17.9 Å². The Hall–Kier alpha value is -1.77. The number of hydrogen-bond acceptors (Lipinski definition) is 3. The molecule has 0 aliphatic carbocycles. The summed E-state index contributed by atoms with van der Waals surface area (Å²) in [6.07, 6.45) is 1.63. The number of ketones is 1. The summed E-state index contributed by atoms with van der Waals surface area (Å²) >= 11 is 0. The maximum atomic E-state index is 12.2. The average Bonchev–Trinajstić information content (AvgIpc) is 2.67. The fourth-order valence-corrected chi connectivity index (χ4v) is 2.48. The molecule has 0 bridgehead atoms. The fraction of sp³-hybridized carbons (Fsp3) is 0.400. The molecule has 3 rings (SSSR count). The van der Waals surface area contributed by atoms with E-state index in [0.717, 1.165) is 22.6 Å². The van der Waals surface area contributed by atoms with Crippen LogP contribution in [-0.4, -0.2) is 11.9 Å². The van der Waals surface area contributed by atoms with E-state index in [0.29, 0.717) is 12.2 Å². The van der Waals surface area contributed by atoms with Crippen LogP contribution < -0.4 is 4.74 Å². The second-order valence-corrected chi connectivity index (χ2v) is 5.20. The lowest BCUT2D eigenvalue weighted by Gasteiger charge is -2.19. The maximum Gasteiger partial charge on any atom is 0.207 e. The van der Waals surface area contributed by atoms with Crippen molar-refractivity contribution >= 4 is 11.9 Å². The molecule has 0 aromatic heterocycles. The third-order valence-electron chi connectivity index (χ3n) is 3.47. The van der Waals surface area contributed by atoms with Crippen LogP contribution in [0.1, 0.15) is 42.3 Å². The van der Waals surface area contributed by atoms with E-state index in [2.05, 4.69) is 0 Å². The highest BCUT2D eigenvalue weighted by molar-refractivity contribution is 6.05. The summed E-state index contributed by atoms with van der Waals surface area (Å²) in [6.45, 7) is 6.42. The number of hydrogen-bond donors (Lipinski definition) is 0. The molecule has 0 spiro atoms. The van der Waals surface area contributed by atoms with Gasteiger partial charge in [0.15, 0.2) is 6.10 Å². The second kappa shape index (κ2) is 3.87. The molecule has 2 heterocycles. The van der Waals surface area contributed by atoms with Crippen LogP contribution in [0.25, 0.3) is 6.08 Å². The molecule has 3 nitrogen and oxygen atoms in total. The van der Waals surface area contributed by atoms with Crippen molar-refractivity contribution in [2.24, 2.45) is 5.92 Å². The predicted octanol–water partition coefficient (Wildman–Crippen LogP) is 3.18. The normalized spacial score (nSPS) is 21.0. The lowest BCUT2D eigenvalue weighted by Crippen LogP contribution is -2.26. The molecule has 2 aliphatic rings. The molecule has 1 atom stereocenters. The number of Topliss-reactive ketones (excluding diaryl/α,β-unsaturated/α-hetero) is 1. The Bertz CT molecular complexity index is 555. The molecule has 94 valence electrons. The van der Waals surface area contributed by atoms with Gasteiger partial charge in [0.1, 0.15) is 12.4 Å². The summed E-state index contributed by atoms with van der Waals surface area (Å²) in [6, 6.07) is 3.85. The number of carbonyl (C=O) groups excluding carboxylic acids is 1. The van der Waals surface area contributed by atoms with Crippen LogP contribution in [0.2, 0.25) is 0 Å². The van der Waals surface area contributed by atoms with E-state index in [4.69, 9.17) is 9.47 Å². The second-order valence-electron chi connectivity index (χ2n) is 5.20. The van der Waals surface area contributed by atoms with Gasteiger partial charge in [0, 0.05) is 5.56 Å². The molecular weight excluding hydrogens is 228 g/mol. The van der Waals surface area contributed by atoms with Gasteiger partial charge >= 0.3 is 0 Å². The standard InChI is InChI=1S/C15H16O3/c1-8(2)14-13(16)11-5-4-10-6-9(3)17-7-12(10)15(11)18-14/h4-6,8,14H,7H2,1-3H3/t14-/m0/s1. The van der Waals surface area contributed by atoms with Crippen molar-refractivity contribution in [1.29, 1.82) is 0 Å². The van der Waals surface area contributed by atoms with Crippen LogP contribution in [0.4, 0.5) is 0 Å². The molecule has 1 aromatic rings. The average molecular weight is 244 g/mol. The number of fused-ring (bicyclic) bond motifs is 3. The van der Waals surface area contributed by atoms with Gasteiger partial charge in [-0.25, -0.2) is 0 Å². The van der Waals surface area contributed by atoms with Crippen LogP contribution in [0.5, 0.6) is 5.75 Å². The molecular formula is C15H16O3. The van der Waals surface area contributed by atoms with Crippen LogP contribution in [-0.2, 0) is 11.3 Å². The zero-order valence-electron chi connectivity index (χ0n) is 10.8. The maximum absolute atomic E-state index is 12.2. The number of allylic oxidation sites excluding steroid dienone is 1. The Labute approximate surface area is 106 Å². The molecule has 0 amide bonds. The number of carbonyl (C=O) groups is 1. The minimum absolute atomic E-state index is 0.0917. The molecule has 0 saturated heterocycles. The van der Waals surface area contributed by atoms with Gasteiger partial charge in [-0.3, -0.25) is 4.79 Å². The summed E-state index contributed by atoms with van der Waals surface area (Å²) in [5, 5.41) is 0. The lowest BCUT2D eigenvalue weighted by atomic mass is 9.96. The van der Waals surface area contributed by atoms with Crippen molar-refractivity contribution in [3.05, 3.63) is 34.6 Å². The Kier molecular flexibility index (Phi) is 2.44. The molecule has 0 unspecified atom stereocenters. The zero-order valence-corrected chi connectivity index (χ0v) is 10.8. The summed E-state index contributed by atoms with van der Waals surface area (Å²) in [5.74, 6) is 1.89. The molecule has 0 radical (unpaired) electrons. The van der Waals surface area contributed by atoms with E-state index in [9.17, 15) is 4.79 Å². The Balaban J connectivity index is 2.10. The van der Waals surface area contributed by atoms with E-state index in [1.807, 2.05) is 39.0 Å². The molecule has 0 saturated carbocycles. The number of ether oxygens (including phenoxy) is 2. The van der Waals surface area contributed by atoms with Crippen LogP contribution in [0.3, 0.4) is 0 Å². The first-order valence-corrected chi connectivity index (χ1v) is 6.26. The van der Waals surface area contributed by atoms with Gasteiger partial charge in [-0.15, -0.1) is 0 Å². The van der Waals surface area contributed by atoms with Crippen LogP contribution in [0, 0.1) is 5.92 Å². The zero-order chi connectivity index (χ0) is 12.9. The molecule has 2 aliphatic heterocycles. The van der Waals surface area contributed by atoms with Gasteiger partial charge in [0.05, 0.1) is 11.3 Å². The highest BCUT2D eigenvalue weighted by atomic mass is 16.5. The van der Waals surface area contributed by atoms with E-state index in [-0.39, 0.29) is 17.8 Å². The third-order valence-corrected chi connectivity index (χ3v) is 3.47. The predicted molar refractivity (Wildman–Crippen MR) is 68.5 cm³/mol. The van der Waals surface area contributed by atoms with Crippen molar-refractivity contribution in [1.82, 2.24) is 0 Å². The quantitative estimate of drug-likeness (QED) is 0.761. The van der Waals surface area contributed by atoms with E-state index >= 15 is 0 Å². The Morgan fingerprint density at radius 1 is 1.33 bits per heavy atom. The van der Waals surface area contributed by atoms with Crippen molar-refractivity contribution in [3.8, 4) is 5.75 Å². The Morgan fingerprint density at radius 3 is 2.83 bits per heavy atom. The van der Waals surface area contributed by atoms with Gasteiger partial charge in [-0.1, -0.05) is 19.9 Å². The van der Waals surface area contributed by atoms with E-state index in [1.54, 1.807) is 0 Å². The van der Waals surface area contributed by atoms with Gasteiger partial charge in [-0.05, 0) is 30.5 Å². The summed E-state index contributed by atoms with van der Waals surface area (Å²) in [7, 11) is 0. The van der Waals surface area contributed by atoms with Gasteiger partial charge < -0.3 is 9.47 Å². The smallest absolute Gasteiger partial charge is 0.207 e. The molecule has 3 heteroatoms. The number of rotatable bonds is 1. The topological polar surface area (TPSA) is 35.5 Å². The Morgan fingerprint density at radius 2 is 2.11 bits per heavy atom. The first-order valence-electron chi connectivity index (χ1n) is 6.26.